The molecule has 1 fully saturated rings. The molecule has 0 N–H and O–H groups in total. The summed E-state index contributed by atoms with van der Waals surface area (Å²) in [5.41, 5.74) is 0. The van der Waals surface area contributed by atoms with Crippen LogP contribution in [0, 0.1) is 5.92 Å². The Morgan fingerprint density at radius 3 is 2.88 bits per heavy atom. The zero-order chi connectivity index (χ0) is 11.5. The van der Waals surface area contributed by atoms with E-state index in [0.717, 1.165) is 12.5 Å². The number of alkyl halides is 1. The number of halogens is 2. The minimum atomic E-state index is 0.495. The third-order valence-corrected chi connectivity index (χ3v) is 6.18. The minimum Gasteiger partial charge on any atom is -0.378 e. The first-order valence-electron chi connectivity index (χ1n) is 5.69. The number of hydrogen-bond donors (Lipinski definition) is 0. The van der Waals surface area contributed by atoms with E-state index in [9.17, 15) is 0 Å². The smallest absolute Gasteiger partial charge is 0.0580 e. The molecular weight excluding hydrogens is 352 g/mol. The molecule has 1 nitrogen and oxygen atoms in total. The Bertz CT molecular complexity index is 334. The van der Waals surface area contributed by atoms with E-state index in [1.807, 2.05) is 11.3 Å². The van der Waals surface area contributed by atoms with Gasteiger partial charge in [-0.15, -0.1) is 11.3 Å². The molecule has 1 aliphatic rings. The van der Waals surface area contributed by atoms with Crippen LogP contribution in [-0.4, -0.2) is 12.7 Å². The molecule has 0 spiro atoms. The highest BCUT2D eigenvalue weighted by Crippen LogP contribution is 2.43. The van der Waals surface area contributed by atoms with Gasteiger partial charge in [0.2, 0.25) is 0 Å². The fraction of sp³-hybridized carbons (Fsp3) is 0.667. The molecule has 1 heterocycles. The lowest BCUT2D eigenvalue weighted by Crippen LogP contribution is -2.31. The van der Waals surface area contributed by atoms with E-state index >= 15 is 0 Å². The van der Waals surface area contributed by atoms with Crippen LogP contribution in [-0.2, 0) is 4.74 Å². The standard InChI is InChI=1S/C12H16Br2OS/c1-2-15-9-5-8(6-9)7-11(14)12-10(13)3-4-16-12/h3-4,8-9,11H,2,5-7H2,1H3. The van der Waals surface area contributed by atoms with Crippen LogP contribution in [0.25, 0.3) is 0 Å². The van der Waals surface area contributed by atoms with Crippen molar-refractivity contribution in [2.75, 3.05) is 6.61 Å². The zero-order valence-electron chi connectivity index (χ0n) is 9.29. The van der Waals surface area contributed by atoms with Crippen LogP contribution in [0.3, 0.4) is 0 Å². The average Bonchev–Trinajstić information content (AvgIpc) is 2.61. The molecule has 1 aromatic rings. The first kappa shape index (κ1) is 13.1. The lowest BCUT2D eigenvalue weighted by molar-refractivity contribution is -0.0264. The van der Waals surface area contributed by atoms with Gasteiger partial charge in [-0.2, -0.15) is 0 Å². The van der Waals surface area contributed by atoms with Gasteiger partial charge < -0.3 is 4.74 Å². The Kier molecular flexibility index (Phi) is 4.89. The summed E-state index contributed by atoms with van der Waals surface area (Å²) in [6.07, 6.45) is 4.22. The molecule has 0 saturated heterocycles. The predicted molar refractivity (Wildman–Crippen MR) is 76.4 cm³/mol. The van der Waals surface area contributed by atoms with Gasteiger partial charge in [-0.3, -0.25) is 0 Å². The fourth-order valence-corrected chi connectivity index (χ4v) is 5.21. The van der Waals surface area contributed by atoms with E-state index in [-0.39, 0.29) is 0 Å². The van der Waals surface area contributed by atoms with E-state index in [2.05, 4.69) is 50.2 Å². The SMILES string of the molecule is CCOC1CC(CC(Br)c2sccc2Br)C1. The van der Waals surface area contributed by atoms with E-state index < -0.39 is 0 Å². The van der Waals surface area contributed by atoms with Crippen molar-refractivity contribution in [1.29, 1.82) is 0 Å². The summed E-state index contributed by atoms with van der Waals surface area (Å²) in [4.78, 5) is 1.91. The van der Waals surface area contributed by atoms with Gasteiger partial charge >= 0.3 is 0 Å². The van der Waals surface area contributed by atoms with E-state index in [1.165, 1.54) is 28.6 Å². The predicted octanol–water partition coefficient (Wildman–Crippen LogP) is 5.15. The molecule has 4 heteroatoms. The van der Waals surface area contributed by atoms with Crippen molar-refractivity contribution in [2.45, 2.75) is 37.1 Å². The van der Waals surface area contributed by atoms with Crippen LogP contribution in [0.2, 0.25) is 0 Å². The Hall–Kier alpha value is 0.620. The Morgan fingerprint density at radius 1 is 1.56 bits per heavy atom. The molecule has 0 aliphatic heterocycles. The Balaban J connectivity index is 1.77. The van der Waals surface area contributed by atoms with Gasteiger partial charge in [-0.25, -0.2) is 0 Å². The average molecular weight is 368 g/mol. The normalized spacial score (nSPS) is 26.4. The molecule has 16 heavy (non-hydrogen) atoms. The summed E-state index contributed by atoms with van der Waals surface area (Å²) < 4.78 is 6.82. The van der Waals surface area contributed by atoms with Crippen LogP contribution in [0.15, 0.2) is 15.9 Å². The summed E-state index contributed by atoms with van der Waals surface area (Å²) in [7, 11) is 0. The van der Waals surface area contributed by atoms with Gasteiger partial charge in [0.15, 0.2) is 0 Å². The highest BCUT2D eigenvalue weighted by molar-refractivity contribution is 9.11. The van der Waals surface area contributed by atoms with Crippen molar-refractivity contribution in [3.63, 3.8) is 0 Å². The van der Waals surface area contributed by atoms with Crippen molar-refractivity contribution in [2.24, 2.45) is 5.92 Å². The van der Waals surface area contributed by atoms with Gasteiger partial charge in [0, 0.05) is 16.0 Å². The molecule has 1 saturated carbocycles. The quantitative estimate of drug-likeness (QED) is 0.653. The van der Waals surface area contributed by atoms with Crippen LogP contribution in [0.1, 0.15) is 35.9 Å². The van der Waals surface area contributed by atoms with Crippen molar-refractivity contribution >= 4 is 43.2 Å². The molecule has 0 amide bonds. The highest BCUT2D eigenvalue weighted by Gasteiger charge is 2.31. The molecule has 1 unspecified atom stereocenters. The Labute approximate surface area is 118 Å². The van der Waals surface area contributed by atoms with Crippen LogP contribution >= 0.6 is 43.2 Å². The van der Waals surface area contributed by atoms with Gasteiger partial charge in [-0.05, 0) is 59.5 Å². The molecular formula is C12H16Br2OS. The summed E-state index contributed by atoms with van der Waals surface area (Å²) in [5, 5.41) is 2.14. The molecule has 0 bridgehead atoms. The van der Waals surface area contributed by atoms with Gasteiger partial charge in [0.05, 0.1) is 10.9 Å². The molecule has 2 rings (SSSR count). The van der Waals surface area contributed by atoms with Gasteiger partial charge in [0.25, 0.3) is 0 Å². The Morgan fingerprint density at radius 2 is 2.31 bits per heavy atom. The fourth-order valence-electron chi connectivity index (χ4n) is 2.17. The van der Waals surface area contributed by atoms with E-state index in [1.54, 1.807) is 0 Å². The van der Waals surface area contributed by atoms with Gasteiger partial charge in [0.1, 0.15) is 0 Å². The third kappa shape index (κ3) is 3.09. The van der Waals surface area contributed by atoms with Crippen LogP contribution in [0.5, 0.6) is 0 Å². The van der Waals surface area contributed by atoms with Crippen molar-refractivity contribution in [3.8, 4) is 0 Å². The van der Waals surface area contributed by atoms with Crippen molar-refractivity contribution in [3.05, 3.63) is 20.8 Å². The second-order valence-electron chi connectivity index (χ2n) is 4.25. The lowest BCUT2D eigenvalue weighted by atomic mass is 9.79. The maximum Gasteiger partial charge on any atom is 0.0580 e. The van der Waals surface area contributed by atoms with Crippen molar-refractivity contribution < 1.29 is 4.74 Å². The molecule has 90 valence electrons. The van der Waals surface area contributed by atoms with E-state index in [4.69, 9.17) is 4.74 Å². The number of hydrogen-bond acceptors (Lipinski definition) is 2. The first-order valence-corrected chi connectivity index (χ1v) is 8.28. The third-order valence-electron chi connectivity index (χ3n) is 3.06. The van der Waals surface area contributed by atoms with Gasteiger partial charge in [-0.1, -0.05) is 15.9 Å². The highest BCUT2D eigenvalue weighted by atomic mass is 79.9. The topological polar surface area (TPSA) is 9.23 Å². The monoisotopic (exact) mass is 366 g/mol. The van der Waals surface area contributed by atoms with E-state index in [0.29, 0.717) is 10.9 Å². The maximum absolute atomic E-state index is 5.58. The molecule has 0 radical (unpaired) electrons. The first-order chi connectivity index (χ1) is 7.70. The van der Waals surface area contributed by atoms with Crippen LogP contribution < -0.4 is 0 Å². The summed E-state index contributed by atoms with van der Waals surface area (Å²) in [6, 6.07) is 2.12. The minimum absolute atomic E-state index is 0.495. The molecule has 0 aromatic carbocycles. The number of rotatable bonds is 5. The van der Waals surface area contributed by atoms with Crippen LogP contribution in [0.4, 0.5) is 0 Å². The molecule has 1 atom stereocenters. The maximum atomic E-state index is 5.58. The molecule has 1 aromatic heterocycles. The second-order valence-corrected chi connectivity index (χ2v) is 7.16. The van der Waals surface area contributed by atoms with Crippen molar-refractivity contribution in [1.82, 2.24) is 0 Å². The largest absolute Gasteiger partial charge is 0.378 e. The number of ether oxygens (including phenoxy) is 1. The number of thiophene rings is 1. The molecule has 1 aliphatic carbocycles. The summed E-state index contributed by atoms with van der Waals surface area (Å²) >= 11 is 9.20. The lowest BCUT2D eigenvalue weighted by Gasteiger charge is -2.36. The second kappa shape index (κ2) is 5.98. The summed E-state index contributed by atoms with van der Waals surface area (Å²) in [5.74, 6) is 0.829. The summed E-state index contributed by atoms with van der Waals surface area (Å²) in [6.45, 7) is 2.93. The zero-order valence-corrected chi connectivity index (χ0v) is 13.3.